The topological polar surface area (TPSA) is 52.5 Å². The lowest BCUT2D eigenvalue weighted by atomic mass is 9.81. The van der Waals surface area contributed by atoms with E-state index in [4.69, 9.17) is 22.0 Å². The van der Waals surface area contributed by atoms with Gasteiger partial charge in [0, 0.05) is 30.6 Å². The first-order chi connectivity index (χ1) is 10.3. The Morgan fingerprint density at radius 2 is 2.00 bits per heavy atom. The highest BCUT2D eigenvalue weighted by molar-refractivity contribution is 7.10. The van der Waals surface area contributed by atoms with Gasteiger partial charge in [-0.15, -0.1) is 11.3 Å². The Bertz CT molecular complexity index is 651. The summed E-state index contributed by atoms with van der Waals surface area (Å²) in [6.07, 6.45) is 1.88. The van der Waals surface area contributed by atoms with Crippen molar-refractivity contribution in [3.05, 3.63) is 46.1 Å². The predicted octanol–water partition coefficient (Wildman–Crippen LogP) is 3.37. The van der Waals surface area contributed by atoms with Gasteiger partial charge in [0.25, 0.3) is 0 Å². The fraction of sp³-hybridized carbons (Fsp3) is 0.375. The van der Waals surface area contributed by atoms with Crippen molar-refractivity contribution in [1.29, 1.82) is 0 Å². The van der Waals surface area contributed by atoms with E-state index in [0.717, 1.165) is 42.3 Å². The zero-order valence-corrected chi connectivity index (χ0v) is 12.5. The van der Waals surface area contributed by atoms with E-state index in [1.165, 1.54) is 0 Å². The van der Waals surface area contributed by atoms with E-state index in [-0.39, 0.29) is 5.41 Å². The Hall–Kier alpha value is -1.74. The van der Waals surface area contributed by atoms with Gasteiger partial charge in [-0.3, -0.25) is 0 Å². The summed E-state index contributed by atoms with van der Waals surface area (Å²) < 4.78 is 5.46. The summed E-state index contributed by atoms with van der Waals surface area (Å²) in [6.45, 7) is 9.12. The van der Waals surface area contributed by atoms with Crippen LogP contribution < -0.4 is 5.73 Å². The molecule has 3 rings (SSSR count). The quantitative estimate of drug-likeness (QED) is 0.884. The Balaban J connectivity index is 1.90. The van der Waals surface area contributed by atoms with Gasteiger partial charge in [-0.25, -0.2) is 9.83 Å². The normalized spacial score (nSPS) is 17.3. The molecule has 1 aliphatic rings. The third-order valence-electron chi connectivity index (χ3n) is 4.09. The zero-order valence-electron chi connectivity index (χ0n) is 11.7. The fourth-order valence-corrected chi connectivity index (χ4v) is 3.72. The van der Waals surface area contributed by atoms with Gasteiger partial charge in [0.05, 0.1) is 12.3 Å². The van der Waals surface area contributed by atoms with Crippen LogP contribution in [0.25, 0.3) is 16.1 Å². The van der Waals surface area contributed by atoms with Crippen LogP contribution in [0.5, 0.6) is 0 Å². The minimum Gasteiger partial charge on any atom is -0.381 e. The molecule has 0 unspecified atom stereocenters. The van der Waals surface area contributed by atoms with Crippen LogP contribution in [0.4, 0.5) is 5.69 Å². The first-order valence-electron chi connectivity index (χ1n) is 6.99. The van der Waals surface area contributed by atoms with Crippen molar-refractivity contribution in [1.82, 2.24) is 4.98 Å². The van der Waals surface area contributed by atoms with Crippen LogP contribution in [0, 0.1) is 6.57 Å². The molecule has 1 aliphatic heterocycles. The van der Waals surface area contributed by atoms with Crippen LogP contribution >= 0.6 is 11.3 Å². The Morgan fingerprint density at radius 1 is 1.29 bits per heavy atom. The van der Waals surface area contributed by atoms with Gasteiger partial charge < -0.3 is 10.5 Å². The molecule has 0 atom stereocenters. The minimum atomic E-state index is -0.0301. The third kappa shape index (κ3) is 2.70. The molecule has 0 amide bonds. The highest BCUT2D eigenvalue weighted by Crippen LogP contribution is 2.37. The molecule has 2 aromatic rings. The number of nitrogens with zero attached hydrogens (tertiary/aromatic N) is 2. The number of hydrogen-bond donors (Lipinski definition) is 1. The second-order valence-corrected chi connectivity index (χ2v) is 6.15. The molecule has 5 heteroatoms. The molecule has 4 nitrogen and oxygen atoms in total. The Labute approximate surface area is 128 Å². The summed E-state index contributed by atoms with van der Waals surface area (Å²) in [4.78, 5) is 8.22. The third-order valence-corrected chi connectivity index (χ3v) is 5.18. The summed E-state index contributed by atoms with van der Waals surface area (Å²) >= 11 is 1.68. The van der Waals surface area contributed by atoms with E-state index < -0.39 is 0 Å². The molecule has 0 radical (unpaired) electrons. The summed E-state index contributed by atoms with van der Waals surface area (Å²) in [5.74, 6) is 0. The zero-order chi connectivity index (χ0) is 14.7. The molecule has 0 saturated carbocycles. The molecule has 1 aromatic heterocycles. The maximum absolute atomic E-state index is 6.99. The van der Waals surface area contributed by atoms with Crippen molar-refractivity contribution < 1.29 is 4.74 Å². The highest BCUT2D eigenvalue weighted by Gasteiger charge is 2.35. The maximum atomic E-state index is 6.99. The van der Waals surface area contributed by atoms with Gasteiger partial charge in [-0.1, -0.05) is 24.3 Å². The molecular formula is C16H17N3OS. The second kappa shape index (κ2) is 5.94. The molecule has 0 bridgehead atoms. The summed E-state index contributed by atoms with van der Waals surface area (Å²) in [6, 6.07) is 7.56. The number of ether oxygens (including phenoxy) is 1. The number of rotatable bonds is 3. The molecular weight excluding hydrogens is 282 g/mol. The van der Waals surface area contributed by atoms with Crippen LogP contribution in [-0.2, 0) is 10.2 Å². The molecule has 108 valence electrons. The van der Waals surface area contributed by atoms with Crippen LogP contribution in [0.1, 0.15) is 17.8 Å². The van der Waals surface area contributed by atoms with Crippen LogP contribution in [0.3, 0.4) is 0 Å². The molecule has 2 N–H and O–H groups in total. The number of hydrogen-bond acceptors (Lipinski definition) is 4. The molecule has 0 spiro atoms. The van der Waals surface area contributed by atoms with Gasteiger partial charge in [-0.2, -0.15) is 0 Å². The van der Waals surface area contributed by atoms with Gasteiger partial charge >= 0.3 is 0 Å². The van der Waals surface area contributed by atoms with Crippen molar-refractivity contribution >= 4 is 17.0 Å². The maximum Gasteiger partial charge on any atom is 0.187 e. The van der Waals surface area contributed by atoms with E-state index in [1.807, 2.05) is 24.3 Å². The summed E-state index contributed by atoms with van der Waals surface area (Å²) in [5.41, 5.74) is 8.66. The van der Waals surface area contributed by atoms with E-state index in [9.17, 15) is 0 Å². The van der Waals surface area contributed by atoms with Crippen molar-refractivity contribution in [2.75, 3.05) is 19.8 Å². The molecule has 2 heterocycles. The van der Waals surface area contributed by atoms with Crippen LogP contribution in [0.2, 0.25) is 0 Å². The van der Waals surface area contributed by atoms with Gasteiger partial charge in [0.2, 0.25) is 0 Å². The van der Waals surface area contributed by atoms with Gasteiger partial charge in [0.1, 0.15) is 5.01 Å². The van der Waals surface area contributed by atoms with E-state index in [2.05, 4.69) is 10.2 Å². The minimum absolute atomic E-state index is 0.0301. The number of aromatic nitrogens is 1. The monoisotopic (exact) mass is 299 g/mol. The summed E-state index contributed by atoms with van der Waals surface area (Å²) in [5, 5.41) is 3.19. The Kier molecular flexibility index (Phi) is 4.02. The molecule has 21 heavy (non-hydrogen) atoms. The molecule has 1 fully saturated rings. The summed E-state index contributed by atoms with van der Waals surface area (Å²) in [7, 11) is 0. The van der Waals surface area contributed by atoms with Crippen molar-refractivity contribution in [2.45, 2.75) is 18.3 Å². The lowest BCUT2D eigenvalue weighted by Crippen LogP contribution is -2.40. The van der Waals surface area contributed by atoms with E-state index >= 15 is 0 Å². The van der Waals surface area contributed by atoms with Crippen LogP contribution in [0.15, 0.2) is 29.6 Å². The van der Waals surface area contributed by atoms with Gasteiger partial charge in [-0.05, 0) is 18.4 Å². The largest absolute Gasteiger partial charge is 0.381 e. The SMILES string of the molecule is [C-]#[N+]c1ccc(-c2csc(C3(CN)CCOCC3)n2)cc1. The second-order valence-electron chi connectivity index (χ2n) is 5.29. The van der Waals surface area contributed by atoms with Crippen molar-refractivity contribution in [3.63, 3.8) is 0 Å². The number of thiazole rings is 1. The fourth-order valence-electron chi connectivity index (χ4n) is 2.62. The first kappa shape index (κ1) is 14.2. The predicted molar refractivity (Wildman–Crippen MR) is 84.6 cm³/mol. The van der Waals surface area contributed by atoms with Crippen molar-refractivity contribution in [2.24, 2.45) is 5.73 Å². The van der Waals surface area contributed by atoms with Gasteiger partial charge in [0.15, 0.2) is 5.69 Å². The average Bonchev–Trinajstić information content (AvgIpc) is 3.06. The number of nitrogens with two attached hydrogens (primary N) is 1. The van der Waals surface area contributed by atoms with E-state index in [1.54, 1.807) is 11.3 Å². The molecule has 0 aliphatic carbocycles. The highest BCUT2D eigenvalue weighted by atomic mass is 32.1. The lowest BCUT2D eigenvalue weighted by molar-refractivity contribution is 0.0529. The molecule has 1 saturated heterocycles. The first-order valence-corrected chi connectivity index (χ1v) is 7.87. The Morgan fingerprint density at radius 3 is 2.62 bits per heavy atom. The van der Waals surface area contributed by atoms with E-state index in [0.29, 0.717) is 12.2 Å². The van der Waals surface area contributed by atoms with Crippen molar-refractivity contribution in [3.8, 4) is 11.3 Å². The smallest absolute Gasteiger partial charge is 0.187 e. The number of benzene rings is 1. The average molecular weight is 299 g/mol. The standard InChI is InChI=1S/C16H17N3OS/c1-18-13-4-2-12(3-5-13)14-10-21-15(19-14)16(11-17)6-8-20-9-7-16/h2-5,10H,6-9,11,17H2. The lowest BCUT2D eigenvalue weighted by Gasteiger charge is -2.34. The van der Waals surface area contributed by atoms with Crippen LogP contribution in [-0.4, -0.2) is 24.7 Å². The molecule has 1 aromatic carbocycles.